The monoisotopic (exact) mass is 288 g/mol. The molecule has 9 heteroatoms. The molecule has 1 aromatic carbocycles. The Balaban J connectivity index is 2.94. The number of non-ortho nitro benzene ring substituents is 1. The molecule has 8 nitrogen and oxygen atoms in total. The topological polar surface area (TPSA) is 130 Å². The van der Waals surface area contributed by atoms with Crippen LogP contribution in [0.4, 0.5) is 11.4 Å². The molecule has 0 saturated carbocycles. The fourth-order valence-electron chi connectivity index (χ4n) is 1.30. The van der Waals surface area contributed by atoms with Gasteiger partial charge >= 0.3 is 11.9 Å². The summed E-state index contributed by atoms with van der Waals surface area (Å²) in [6.45, 7) is 0. The lowest BCUT2D eigenvalue weighted by Gasteiger charge is -2.14. The number of halogens is 1. The molecule has 102 valence electrons. The second-order valence-corrected chi connectivity index (χ2v) is 3.96. The van der Waals surface area contributed by atoms with Crippen LogP contribution in [0.25, 0.3) is 0 Å². The van der Waals surface area contributed by atoms with Crippen LogP contribution >= 0.6 is 11.6 Å². The van der Waals surface area contributed by atoms with Crippen molar-refractivity contribution in [1.82, 2.24) is 0 Å². The highest BCUT2D eigenvalue weighted by Gasteiger charge is 2.22. The first-order valence-corrected chi connectivity index (χ1v) is 5.34. The Bertz CT molecular complexity index is 533. The van der Waals surface area contributed by atoms with Crippen molar-refractivity contribution in [2.45, 2.75) is 12.5 Å². The number of aliphatic carboxylic acids is 2. The smallest absolute Gasteiger partial charge is 0.326 e. The maximum atomic E-state index is 10.8. The molecule has 0 heterocycles. The second kappa shape index (κ2) is 6.01. The number of nitrogens with one attached hydrogen (secondary N) is 1. The van der Waals surface area contributed by atoms with Gasteiger partial charge in [-0.1, -0.05) is 11.6 Å². The van der Waals surface area contributed by atoms with Crippen LogP contribution in [0.1, 0.15) is 6.42 Å². The molecular formula is C10H9ClN2O6. The molecule has 1 unspecified atom stereocenters. The van der Waals surface area contributed by atoms with Crippen molar-refractivity contribution in [3.8, 4) is 0 Å². The quantitative estimate of drug-likeness (QED) is 0.535. The molecule has 0 radical (unpaired) electrons. The first kappa shape index (κ1) is 14.7. The number of carbonyl (C=O) groups is 2. The molecule has 3 N–H and O–H groups in total. The van der Waals surface area contributed by atoms with Crippen molar-refractivity contribution in [2.75, 3.05) is 5.32 Å². The van der Waals surface area contributed by atoms with Gasteiger partial charge in [-0.2, -0.15) is 0 Å². The van der Waals surface area contributed by atoms with Gasteiger partial charge in [-0.15, -0.1) is 0 Å². The summed E-state index contributed by atoms with van der Waals surface area (Å²) in [5.41, 5.74) is -0.137. The van der Waals surface area contributed by atoms with E-state index in [9.17, 15) is 19.7 Å². The number of rotatable bonds is 6. The van der Waals surface area contributed by atoms with Crippen LogP contribution in [-0.4, -0.2) is 33.1 Å². The number of nitro groups is 1. The number of hydrogen-bond acceptors (Lipinski definition) is 5. The van der Waals surface area contributed by atoms with Crippen molar-refractivity contribution in [1.29, 1.82) is 0 Å². The van der Waals surface area contributed by atoms with E-state index < -0.39 is 29.3 Å². The Morgan fingerprint density at radius 1 is 1.42 bits per heavy atom. The maximum absolute atomic E-state index is 10.8. The van der Waals surface area contributed by atoms with Gasteiger partial charge in [-0.3, -0.25) is 14.9 Å². The molecule has 1 atom stereocenters. The molecule has 0 saturated heterocycles. The first-order valence-electron chi connectivity index (χ1n) is 4.96. The number of benzene rings is 1. The third-order valence-corrected chi connectivity index (χ3v) is 2.48. The molecule has 0 amide bonds. The average molecular weight is 289 g/mol. The zero-order valence-corrected chi connectivity index (χ0v) is 10.1. The summed E-state index contributed by atoms with van der Waals surface area (Å²) in [7, 11) is 0. The fraction of sp³-hybridized carbons (Fsp3) is 0.200. The molecular weight excluding hydrogens is 280 g/mol. The fourth-order valence-corrected chi connectivity index (χ4v) is 1.53. The standard InChI is InChI=1S/C10H9ClN2O6/c11-6-3-5(13(18)19)1-2-7(6)12-8(10(16)17)4-9(14)15/h1-3,8,12H,4H2,(H,14,15)(H,16,17). The zero-order valence-electron chi connectivity index (χ0n) is 9.37. The Morgan fingerprint density at radius 3 is 2.47 bits per heavy atom. The Morgan fingerprint density at radius 2 is 2.05 bits per heavy atom. The van der Waals surface area contributed by atoms with Crippen LogP contribution in [0, 0.1) is 10.1 Å². The van der Waals surface area contributed by atoms with E-state index in [0.29, 0.717) is 0 Å². The summed E-state index contributed by atoms with van der Waals surface area (Å²) in [5.74, 6) is -2.66. The minimum Gasteiger partial charge on any atom is -0.481 e. The normalized spacial score (nSPS) is 11.6. The highest BCUT2D eigenvalue weighted by Crippen LogP contribution is 2.27. The van der Waals surface area contributed by atoms with Crippen LogP contribution in [0.5, 0.6) is 0 Å². The minimum absolute atomic E-state index is 0.0640. The molecule has 1 rings (SSSR count). The third kappa shape index (κ3) is 4.11. The van der Waals surface area contributed by atoms with Crippen LogP contribution in [0.3, 0.4) is 0 Å². The van der Waals surface area contributed by atoms with Crippen LogP contribution < -0.4 is 5.32 Å². The molecule has 0 aliphatic carbocycles. The summed E-state index contributed by atoms with van der Waals surface area (Å²) in [4.78, 5) is 31.2. The van der Waals surface area contributed by atoms with E-state index in [1.807, 2.05) is 0 Å². The number of nitro benzene ring substituents is 1. The van der Waals surface area contributed by atoms with Gasteiger partial charge in [-0.25, -0.2) is 4.79 Å². The third-order valence-electron chi connectivity index (χ3n) is 2.17. The Kier molecular flexibility index (Phi) is 4.65. The Hall–Kier alpha value is -2.35. The summed E-state index contributed by atoms with van der Waals surface area (Å²) in [5, 5.41) is 30.3. The summed E-state index contributed by atoms with van der Waals surface area (Å²) in [6, 6.07) is 2.02. The number of hydrogen-bond donors (Lipinski definition) is 3. The van der Waals surface area contributed by atoms with Gasteiger partial charge in [0.05, 0.1) is 22.1 Å². The lowest BCUT2D eigenvalue weighted by Crippen LogP contribution is -2.31. The van der Waals surface area contributed by atoms with Crippen molar-refractivity contribution < 1.29 is 24.7 Å². The first-order chi connectivity index (χ1) is 8.81. The van der Waals surface area contributed by atoms with E-state index >= 15 is 0 Å². The number of carboxylic acid groups (broad SMARTS) is 2. The van der Waals surface area contributed by atoms with Gasteiger partial charge in [0, 0.05) is 12.1 Å². The minimum atomic E-state index is -1.38. The van der Waals surface area contributed by atoms with Crippen molar-refractivity contribution in [3.63, 3.8) is 0 Å². The molecule has 0 aliphatic heterocycles. The molecule has 1 aromatic rings. The number of carboxylic acids is 2. The van der Waals surface area contributed by atoms with Crippen molar-refractivity contribution in [3.05, 3.63) is 33.3 Å². The molecule has 0 bridgehead atoms. The van der Waals surface area contributed by atoms with E-state index in [1.165, 1.54) is 6.07 Å². The van der Waals surface area contributed by atoms with E-state index in [1.54, 1.807) is 0 Å². The van der Waals surface area contributed by atoms with Gasteiger partial charge in [0.15, 0.2) is 0 Å². The Labute approximate surface area is 111 Å². The van der Waals surface area contributed by atoms with E-state index in [4.69, 9.17) is 21.8 Å². The average Bonchev–Trinajstić information content (AvgIpc) is 2.29. The molecule has 0 aliphatic rings. The molecule has 0 aromatic heterocycles. The predicted octanol–water partition coefficient (Wildman–Crippen LogP) is 1.59. The van der Waals surface area contributed by atoms with Crippen molar-refractivity contribution in [2.24, 2.45) is 0 Å². The second-order valence-electron chi connectivity index (χ2n) is 3.55. The van der Waals surface area contributed by atoms with Crippen LogP contribution in [0.15, 0.2) is 18.2 Å². The largest absolute Gasteiger partial charge is 0.481 e. The lowest BCUT2D eigenvalue weighted by atomic mass is 10.2. The number of nitrogens with zero attached hydrogens (tertiary/aromatic N) is 1. The maximum Gasteiger partial charge on any atom is 0.326 e. The van der Waals surface area contributed by atoms with Crippen LogP contribution in [0.2, 0.25) is 5.02 Å². The summed E-state index contributed by atoms with van der Waals surface area (Å²) < 4.78 is 0. The summed E-state index contributed by atoms with van der Waals surface area (Å²) >= 11 is 5.75. The molecule has 0 spiro atoms. The molecule has 19 heavy (non-hydrogen) atoms. The van der Waals surface area contributed by atoms with Gasteiger partial charge in [0.1, 0.15) is 6.04 Å². The summed E-state index contributed by atoms with van der Waals surface area (Å²) in [6.07, 6.45) is -0.650. The van der Waals surface area contributed by atoms with Gasteiger partial charge in [-0.05, 0) is 6.07 Å². The lowest BCUT2D eigenvalue weighted by molar-refractivity contribution is -0.384. The number of anilines is 1. The van der Waals surface area contributed by atoms with Gasteiger partial charge in [0.25, 0.3) is 5.69 Å². The highest BCUT2D eigenvalue weighted by atomic mass is 35.5. The predicted molar refractivity (Wildman–Crippen MR) is 65.4 cm³/mol. The van der Waals surface area contributed by atoms with Crippen molar-refractivity contribution >= 4 is 34.9 Å². The van der Waals surface area contributed by atoms with E-state index in [0.717, 1.165) is 12.1 Å². The van der Waals surface area contributed by atoms with E-state index in [2.05, 4.69) is 5.32 Å². The zero-order chi connectivity index (χ0) is 14.6. The van der Waals surface area contributed by atoms with Gasteiger partial charge < -0.3 is 15.5 Å². The highest BCUT2D eigenvalue weighted by molar-refractivity contribution is 6.33. The van der Waals surface area contributed by atoms with E-state index in [-0.39, 0.29) is 16.4 Å². The molecule has 0 fully saturated rings. The van der Waals surface area contributed by atoms with Gasteiger partial charge in [0.2, 0.25) is 0 Å². The van der Waals surface area contributed by atoms with Crippen LogP contribution in [-0.2, 0) is 9.59 Å². The SMILES string of the molecule is O=C(O)CC(Nc1ccc([N+](=O)[O-])cc1Cl)C(=O)O.